The topological polar surface area (TPSA) is 77.0 Å². The summed E-state index contributed by atoms with van der Waals surface area (Å²) in [5.41, 5.74) is -0.658. The molecule has 0 bridgehead atoms. The minimum Gasteiger partial charge on any atom is -0.497 e. The van der Waals surface area contributed by atoms with Crippen molar-refractivity contribution in [3.05, 3.63) is 23.8 Å². The number of ether oxygens (including phenoxy) is 3. The van der Waals surface area contributed by atoms with Gasteiger partial charge in [0.05, 0.1) is 25.9 Å². The molecule has 1 heterocycles. The van der Waals surface area contributed by atoms with Gasteiger partial charge in [-0.25, -0.2) is 0 Å². The summed E-state index contributed by atoms with van der Waals surface area (Å²) < 4.78 is 15.6. The number of nitrogens with one attached hydrogen (secondary N) is 1. The van der Waals surface area contributed by atoms with Crippen LogP contribution in [0.25, 0.3) is 0 Å². The highest BCUT2D eigenvalue weighted by Crippen LogP contribution is 2.26. The summed E-state index contributed by atoms with van der Waals surface area (Å²) in [5.74, 6) is 0.700. The lowest BCUT2D eigenvalue weighted by Gasteiger charge is -2.26. The molecular weight excluding hydrogens is 274 g/mol. The maximum absolute atomic E-state index is 12.3. The molecule has 2 unspecified atom stereocenters. The molecule has 0 aliphatic carbocycles. The highest BCUT2D eigenvalue weighted by molar-refractivity contribution is 5.97. The van der Waals surface area contributed by atoms with E-state index < -0.39 is 5.60 Å². The first-order chi connectivity index (χ1) is 10.00. The highest BCUT2D eigenvalue weighted by atomic mass is 16.5. The summed E-state index contributed by atoms with van der Waals surface area (Å²) in [6, 6.07) is 4.99. The first kappa shape index (κ1) is 15.6. The van der Waals surface area contributed by atoms with E-state index in [0.717, 1.165) is 0 Å². The molecular formula is C15H21NO5. The van der Waals surface area contributed by atoms with Gasteiger partial charge in [0.25, 0.3) is 5.91 Å². The lowest BCUT2D eigenvalue weighted by Crippen LogP contribution is -2.47. The van der Waals surface area contributed by atoms with E-state index in [-0.39, 0.29) is 18.6 Å². The Kier molecular flexibility index (Phi) is 4.69. The van der Waals surface area contributed by atoms with Crippen LogP contribution in [0.15, 0.2) is 18.2 Å². The monoisotopic (exact) mass is 295 g/mol. The zero-order valence-electron chi connectivity index (χ0n) is 12.5. The molecule has 0 aromatic heterocycles. The van der Waals surface area contributed by atoms with Crippen LogP contribution >= 0.6 is 0 Å². The third-order valence-electron chi connectivity index (χ3n) is 3.87. The number of benzene rings is 1. The van der Waals surface area contributed by atoms with Crippen LogP contribution in [0.3, 0.4) is 0 Å². The van der Waals surface area contributed by atoms with Crippen molar-refractivity contribution >= 4 is 5.91 Å². The lowest BCUT2D eigenvalue weighted by atomic mass is 9.96. The number of rotatable bonds is 5. The van der Waals surface area contributed by atoms with Gasteiger partial charge in [0.2, 0.25) is 0 Å². The largest absolute Gasteiger partial charge is 0.497 e. The molecule has 1 aliphatic heterocycles. The molecule has 1 aromatic carbocycles. The van der Waals surface area contributed by atoms with E-state index >= 15 is 0 Å². The molecule has 2 rings (SSSR count). The maximum atomic E-state index is 12.3. The summed E-state index contributed by atoms with van der Waals surface area (Å²) in [4.78, 5) is 12.3. The fourth-order valence-electron chi connectivity index (χ4n) is 2.32. The Morgan fingerprint density at radius 2 is 2.24 bits per heavy atom. The molecule has 0 radical (unpaired) electrons. The Bertz CT molecular complexity index is 519. The van der Waals surface area contributed by atoms with Crippen LogP contribution in [0.5, 0.6) is 11.5 Å². The van der Waals surface area contributed by atoms with E-state index in [1.54, 1.807) is 25.1 Å². The van der Waals surface area contributed by atoms with Gasteiger partial charge in [-0.1, -0.05) is 0 Å². The van der Waals surface area contributed by atoms with Crippen LogP contribution in [0, 0.1) is 0 Å². The number of amides is 1. The zero-order chi connectivity index (χ0) is 15.5. The lowest BCUT2D eigenvalue weighted by molar-refractivity contribution is -0.0251. The van der Waals surface area contributed by atoms with E-state index in [0.29, 0.717) is 30.1 Å². The molecule has 6 nitrogen and oxygen atoms in total. The van der Waals surface area contributed by atoms with E-state index in [1.165, 1.54) is 14.2 Å². The van der Waals surface area contributed by atoms with Crippen molar-refractivity contribution in [2.24, 2.45) is 0 Å². The van der Waals surface area contributed by atoms with Gasteiger partial charge in [0.15, 0.2) is 0 Å². The summed E-state index contributed by atoms with van der Waals surface area (Å²) in [7, 11) is 3.03. The zero-order valence-corrected chi connectivity index (χ0v) is 12.5. The molecule has 1 fully saturated rings. The molecule has 1 saturated heterocycles. The highest BCUT2D eigenvalue weighted by Gasteiger charge is 2.39. The second-order valence-corrected chi connectivity index (χ2v) is 5.12. The number of carbonyl (C=O) groups excluding carboxylic acids is 1. The van der Waals surface area contributed by atoms with Crippen molar-refractivity contribution < 1.29 is 24.1 Å². The summed E-state index contributed by atoms with van der Waals surface area (Å²) in [6.45, 7) is 2.43. The van der Waals surface area contributed by atoms with Crippen molar-refractivity contribution in [3.63, 3.8) is 0 Å². The molecule has 2 atom stereocenters. The molecule has 0 spiro atoms. The fourth-order valence-corrected chi connectivity index (χ4v) is 2.32. The number of methoxy groups -OCH3 is 2. The van der Waals surface area contributed by atoms with E-state index in [4.69, 9.17) is 14.2 Å². The van der Waals surface area contributed by atoms with Crippen LogP contribution in [0.2, 0.25) is 0 Å². The molecule has 1 aromatic rings. The van der Waals surface area contributed by atoms with Gasteiger partial charge < -0.3 is 24.6 Å². The molecule has 0 saturated carbocycles. The Morgan fingerprint density at radius 1 is 1.48 bits per heavy atom. The summed E-state index contributed by atoms with van der Waals surface area (Å²) >= 11 is 0. The van der Waals surface area contributed by atoms with Crippen molar-refractivity contribution in [2.45, 2.75) is 25.0 Å². The molecule has 6 heteroatoms. The van der Waals surface area contributed by atoms with Crippen LogP contribution < -0.4 is 14.8 Å². The van der Waals surface area contributed by atoms with E-state index in [2.05, 4.69) is 5.32 Å². The van der Waals surface area contributed by atoms with Crippen molar-refractivity contribution in [2.75, 3.05) is 27.4 Å². The minimum absolute atomic E-state index is 0.132. The van der Waals surface area contributed by atoms with E-state index in [1.807, 2.05) is 0 Å². The third kappa shape index (κ3) is 3.28. The van der Waals surface area contributed by atoms with Crippen molar-refractivity contribution in [3.8, 4) is 11.5 Å². The quantitative estimate of drug-likeness (QED) is 0.846. The van der Waals surface area contributed by atoms with Gasteiger partial charge in [-0.3, -0.25) is 4.79 Å². The fraction of sp³-hybridized carbons (Fsp3) is 0.533. The van der Waals surface area contributed by atoms with Crippen molar-refractivity contribution in [1.29, 1.82) is 0 Å². The standard InChI is InChI=1S/C15H21NO5/c1-10-15(18,6-7-21-10)9-16-14(17)12-8-11(19-2)4-5-13(12)20-3/h4-5,8,10,18H,6-7,9H2,1-3H3,(H,16,17). The Labute approximate surface area is 124 Å². The second kappa shape index (κ2) is 6.32. The Morgan fingerprint density at radius 3 is 2.81 bits per heavy atom. The normalized spacial score (nSPS) is 24.7. The average molecular weight is 295 g/mol. The third-order valence-corrected chi connectivity index (χ3v) is 3.87. The van der Waals surface area contributed by atoms with Gasteiger partial charge in [-0.15, -0.1) is 0 Å². The van der Waals surface area contributed by atoms with Crippen molar-refractivity contribution in [1.82, 2.24) is 5.32 Å². The predicted octanol–water partition coefficient (Wildman–Crippen LogP) is 0.973. The van der Waals surface area contributed by atoms with Crippen LogP contribution in [-0.4, -0.2) is 50.1 Å². The Hall–Kier alpha value is -1.79. The molecule has 2 N–H and O–H groups in total. The van der Waals surface area contributed by atoms with Crippen LogP contribution in [-0.2, 0) is 4.74 Å². The van der Waals surface area contributed by atoms with Gasteiger partial charge in [0, 0.05) is 19.6 Å². The van der Waals surface area contributed by atoms with Gasteiger partial charge >= 0.3 is 0 Å². The SMILES string of the molecule is COc1ccc(OC)c(C(=O)NCC2(O)CCOC2C)c1. The Balaban J connectivity index is 2.09. The summed E-state index contributed by atoms with van der Waals surface area (Å²) in [5, 5.41) is 13.1. The number of hydrogen-bond acceptors (Lipinski definition) is 5. The number of aliphatic hydroxyl groups is 1. The molecule has 21 heavy (non-hydrogen) atoms. The van der Waals surface area contributed by atoms with Gasteiger partial charge in [-0.2, -0.15) is 0 Å². The van der Waals surface area contributed by atoms with E-state index in [9.17, 15) is 9.90 Å². The van der Waals surface area contributed by atoms with Crippen LogP contribution in [0.4, 0.5) is 0 Å². The second-order valence-electron chi connectivity index (χ2n) is 5.12. The predicted molar refractivity (Wildman–Crippen MR) is 76.9 cm³/mol. The molecule has 116 valence electrons. The first-order valence-electron chi connectivity index (χ1n) is 6.84. The van der Waals surface area contributed by atoms with Gasteiger partial charge in [-0.05, 0) is 25.1 Å². The number of hydrogen-bond donors (Lipinski definition) is 2. The first-order valence-corrected chi connectivity index (χ1v) is 6.84. The number of carbonyl (C=O) groups is 1. The maximum Gasteiger partial charge on any atom is 0.255 e. The summed E-state index contributed by atoms with van der Waals surface area (Å²) in [6.07, 6.45) is 0.203. The van der Waals surface area contributed by atoms with Gasteiger partial charge in [0.1, 0.15) is 17.1 Å². The average Bonchev–Trinajstić information content (AvgIpc) is 2.84. The molecule has 1 aliphatic rings. The smallest absolute Gasteiger partial charge is 0.255 e. The molecule has 1 amide bonds. The minimum atomic E-state index is -1.03. The van der Waals surface area contributed by atoms with Crippen LogP contribution in [0.1, 0.15) is 23.7 Å².